The van der Waals surface area contributed by atoms with Gasteiger partial charge in [0.25, 0.3) is 11.8 Å². The van der Waals surface area contributed by atoms with Crippen LogP contribution in [0.5, 0.6) is 0 Å². The Morgan fingerprint density at radius 3 is 2.39 bits per heavy atom. The van der Waals surface area contributed by atoms with Crippen LogP contribution in [-0.2, 0) is 6.42 Å². The molecule has 138 valence electrons. The summed E-state index contributed by atoms with van der Waals surface area (Å²) in [7, 11) is 0. The van der Waals surface area contributed by atoms with Crippen molar-refractivity contribution in [3.63, 3.8) is 0 Å². The van der Waals surface area contributed by atoms with E-state index in [9.17, 15) is 9.59 Å². The number of carbonyl (C=O) groups excluding carboxylic acids is 2. The third kappa shape index (κ3) is 4.22. The van der Waals surface area contributed by atoms with Crippen LogP contribution in [0.3, 0.4) is 0 Å². The first-order chi connectivity index (χ1) is 13.6. The lowest BCUT2D eigenvalue weighted by atomic mass is 10.1. The fourth-order valence-corrected chi connectivity index (χ4v) is 2.72. The third-order valence-corrected chi connectivity index (χ3v) is 4.20. The molecule has 0 saturated carbocycles. The molecule has 6 heteroatoms. The normalized spacial score (nSPS) is 10.0. The zero-order chi connectivity index (χ0) is 19.9. The standard InChI is InChI=1S/C22H18N4O2/c1-2-15-7-3-5-9-18(15)26-22(28)20-13-16(11-12-24-20)21(27)25-19-10-6-4-8-17(19)14-23/h3-13H,2H2,1H3,(H,25,27)(H,26,28). The molecule has 2 aromatic carbocycles. The highest BCUT2D eigenvalue weighted by atomic mass is 16.2. The van der Waals surface area contributed by atoms with E-state index >= 15 is 0 Å². The van der Waals surface area contributed by atoms with Crippen LogP contribution in [0.2, 0.25) is 0 Å². The van der Waals surface area contributed by atoms with Crippen LogP contribution in [0.15, 0.2) is 66.9 Å². The topological polar surface area (TPSA) is 94.9 Å². The molecule has 0 aliphatic heterocycles. The Morgan fingerprint density at radius 2 is 1.64 bits per heavy atom. The molecule has 2 amide bonds. The van der Waals surface area contributed by atoms with Gasteiger partial charge in [0.1, 0.15) is 11.8 Å². The summed E-state index contributed by atoms with van der Waals surface area (Å²) >= 11 is 0. The maximum atomic E-state index is 12.6. The van der Waals surface area contributed by atoms with Crippen LogP contribution in [0, 0.1) is 11.3 Å². The zero-order valence-electron chi connectivity index (χ0n) is 15.3. The number of aryl methyl sites for hydroxylation is 1. The zero-order valence-corrected chi connectivity index (χ0v) is 15.3. The van der Waals surface area contributed by atoms with Gasteiger partial charge in [-0.15, -0.1) is 0 Å². The summed E-state index contributed by atoms with van der Waals surface area (Å²) < 4.78 is 0. The van der Waals surface area contributed by atoms with Gasteiger partial charge in [-0.1, -0.05) is 37.3 Å². The number of hydrogen-bond donors (Lipinski definition) is 2. The summed E-state index contributed by atoms with van der Waals surface area (Å²) in [5.74, 6) is -0.818. The number of nitriles is 1. The van der Waals surface area contributed by atoms with Gasteiger partial charge in [0.2, 0.25) is 0 Å². The lowest BCUT2D eigenvalue weighted by Crippen LogP contribution is -2.17. The molecule has 2 N–H and O–H groups in total. The number of aromatic nitrogens is 1. The maximum Gasteiger partial charge on any atom is 0.274 e. The Kier molecular flexibility index (Phi) is 5.78. The number of benzene rings is 2. The van der Waals surface area contributed by atoms with Crippen LogP contribution >= 0.6 is 0 Å². The van der Waals surface area contributed by atoms with Gasteiger partial charge < -0.3 is 10.6 Å². The smallest absolute Gasteiger partial charge is 0.274 e. The van der Waals surface area contributed by atoms with Crippen molar-refractivity contribution < 1.29 is 9.59 Å². The maximum absolute atomic E-state index is 12.6. The number of nitrogens with one attached hydrogen (secondary N) is 2. The molecular weight excluding hydrogens is 352 g/mol. The second kappa shape index (κ2) is 8.60. The Bertz CT molecular complexity index is 1070. The fourth-order valence-electron chi connectivity index (χ4n) is 2.72. The minimum Gasteiger partial charge on any atom is -0.321 e. The van der Waals surface area contributed by atoms with Crippen LogP contribution in [0.4, 0.5) is 11.4 Å². The summed E-state index contributed by atoms with van der Waals surface area (Å²) in [5.41, 5.74) is 2.91. The molecule has 1 aromatic heterocycles. The molecule has 0 bridgehead atoms. The monoisotopic (exact) mass is 370 g/mol. The first-order valence-corrected chi connectivity index (χ1v) is 8.78. The van der Waals surface area contributed by atoms with Crippen LogP contribution in [-0.4, -0.2) is 16.8 Å². The van der Waals surface area contributed by atoms with E-state index < -0.39 is 11.8 Å². The number of rotatable bonds is 5. The highest BCUT2D eigenvalue weighted by Gasteiger charge is 2.14. The van der Waals surface area contributed by atoms with Gasteiger partial charge in [-0.05, 0) is 42.3 Å². The Hall–Kier alpha value is -3.98. The number of anilines is 2. The van der Waals surface area contributed by atoms with E-state index in [0.29, 0.717) is 11.3 Å². The van der Waals surface area contributed by atoms with E-state index in [4.69, 9.17) is 5.26 Å². The number of amides is 2. The number of carbonyl (C=O) groups is 2. The minimum absolute atomic E-state index is 0.132. The van der Waals surface area contributed by atoms with E-state index in [2.05, 4.69) is 15.6 Å². The molecule has 0 aliphatic rings. The number of pyridine rings is 1. The van der Waals surface area contributed by atoms with E-state index in [1.54, 1.807) is 24.3 Å². The average Bonchev–Trinajstić information content (AvgIpc) is 2.74. The SMILES string of the molecule is CCc1ccccc1NC(=O)c1cc(C(=O)Nc2ccccc2C#N)ccn1. The molecule has 0 unspecified atom stereocenters. The van der Waals surface area contributed by atoms with Gasteiger partial charge in [0.15, 0.2) is 0 Å². The summed E-state index contributed by atoms with van der Waals surface area (Å²) in [6.45, 7) is 2.01. The van der Waals surface area contributed by atoms with Crippen LogP contribution < -0.4 is 10.6 Å². The lowest BCUT2D eigenvalue weighted by Gasteiger charge is -2.10. The van der Waals surface area contributed by atoms with E-state index in [0.717, 1.165) is 17.7 Å². The minimum atomic E-state index is -0.423. The van der Waals surface area contributed by atoms with E-state index in [1.165, 1.54) is 18.3 Å². The van der Waals surface area contributed by atoms with Gasteiger partial charge in [-0.3, -0.25) is 14.6 Å². The highest BCUT2D eigenvalue weighted by molar-refractivity contribution is 6.08. The van der Waals surface area contributed by atoms with Crippen LogP contribution in [0.25, 0.3) is 0 Å². The van der Waals surface area contributed by atoms with Crippen molar-refractivity contribution in [2.24, 2.45) is 0 Å². The predicted octanol–water partition coefficient (Wildman–Crippen LogP) is 4.02. The molecule has 28 heavy (non-hydrogen) atoms. The molecule has 0 atom stereocenters. The van der Waals surface area contributed by atoms with E-state index in [1.807, 2.05) is 37.3 Å². The first kappa shape index (κ1) is 18.8. The fraction of sp³-hybridized carbons (Fsp3) is 0.0909. The van der Waals surface area contributed by atoms with Gasteiger partial charge in [0, 0.05) is 17.4 Å². The quantitative estimate of drug-likeness (QED) is 0.709. The second-order valence-corrected chi connectivity index (χ2v) is 6.01. The van der Waals surface area contributed by atoms with Crippen molar-refractivity contribution in [3.05, 3.63) is 89.2 Å². The van der Waals surface area contributed by atoms with Crippen molar-refractivity contribution in [1.29, 1.82) is 5.26 Å². The van der Waals surface area contributed by atoms with Gasteiger partial charge in [0.05, 0.1) is 11.3 Å². The van der Waals surface area contributed by atoms with Crippen molar-refractivity contribution in [2.75, 3.05) is 10.6 Å². The summed E-state index contributed by atoms with van der Waals surface area (Å²) in [4.78, 5) is 29.2. The molecule has 1 heterocycles. The molecule has 0 radical (unpaired) electrons. The average molecular weight is 370 g/mol. The largest absolute Gasteiger partial charge is 0.321 e. The van der Waals surface area contributed by atoms with Crippen molar-refractivity contribution in [3.8, 4) is 6.07 Å². The van der Waals surface area contributed by atoms with E-state index in [-0.39, 0.29) is 11.3 Å². The summed E-state index contributed by atoms with van der Waals surface area (Å²) in [6.07, 6.45) is 2.19. The lowest BCUT2D eigenvalue weighted by molar-refractivity contribution is 0.102. The number of para-hydroxylation sites is 2. The molecule has 0 spiro atoms. The molecule has 6 nitrogen and oxygen atoms in total. The summed E-state index contributed by atoms with van der Waals surface area (Å²) in [6, 6.07) is 19.2. The van der Waals surface area contributed by atoms with Crippen LogP contribution in [0.1, 0.15) is 38.9 Å². The van der Waals surface area contributed by atoms with Crippen molar-refractivity contribution in [1.82, 2.24) is 4.98 Å². The Balaban J connectivity index is 1.79. The van der Waals surface area contributed by atoms with Crippen molar-refractivity contribution >= 4 is 23.2 Å². The van der Waals surface area contributed by atoms with Crippen molar-refractivity contribution in [2.45, 2.75) is 13.3 Å². The summed E-state index contributed by atoms with van der Waals surface area (Å²) in [5, 5.41) is 14.7. The molecule has 0 saturated heterocycles. The second-order valence-electron chi connectivity index (χ2n) is 6.01. The van der Waals surface area contributed by atoms with Gasteiger partial charge in [-0.25, -0.2) is 0 Å². The molecular formula is C22H18N4O2. The molecule has 0 aliphatic carbocycles. The Morgan fingerprint density at radius 1 is 0.964 bits per heavy atom. The van der Waals surface area contributed by atoms with Gasteiger partial charge >= 0.3 is 0 Å². The first-order valence-electron chi connectivity index (χ1n) is 8.78. The molecule has 3 rings (SSSR count). The molecule has 0 fully saturated rings. The molecule has 3 aromatic rings. The van der Waals surface area contributed by atoms with Gasteiger partial charge in [-0.2, -0.15) is 5.26 Å². The predicted molar refractivity (Wildman–Crippen MR) is 107 cm³/mol. The highest BCUT2D eigenvalue weighted by Crippen LogP contribution is 2.18. The number of nitrogens with zero attached hydrogens (tertiary/aromatic N) is 2. The third-order valence-electron chi connectivity index (χ3n) is 4.20. The number of hydrogen-bond acceptors (Lipinski definition) is 4. The Labute approximate surface area is 162 Å².